The van der Waals surface area contributed by atoms with E-state index in [2.05, 4.69) is 55.8 Å². The van der Waals surface area contributed by atoms with Crippen LogP contribution in [0.1, 0.15) is 35.4 Å². The fourth-order valence-electron chi connectivity index (χ4n) is 1.02. The Morgan fingerprint density at radius 1 is 1.33 bits per heavy atom. The van der Waals surface area contributed by atoms with Gasteiger partial charge in [0.05, 0.1) is 4.83 Å². The molecule has 0 bridgehead atoms. The Morgan fingerprint density at radius 2 is 1.92 bits per heavy atom. The minimum Gasteiger partial charge on any atom is -0.145 e. The van der Waals surface area contributed by atoms with Crippen molar-refractivity contribution >= 4 is 27.3 Å². The summed E-state index contributed by atoms with van der Waals surface area (Å²) in [6, 6.07) is 4.39. The Labute approximate surface area is 87.1 Å². The summed E-state index contributed by atoms with van der Waals surface area (Å²) in [6.45, 7) is 8.90. The molecule has 0 N–H and O–H groups in total. The SMILES string of the molecule is Cc1ccc(C(Br)C(C)(C)C)s1. The first-order valence-corrected chi connectivity index (χ1v) is 5.85. The molecule has 0 spiro atoms. The number of rotatable bonds is 1. The highest BCUT2D eigenvalue weighted by molar-refractivity contribution is 9.09. The largest absolute Gasteiger partial charge is 0.145 e. The van der Waals surface area contributed by atoms with Gasteiger partial charge in [0.2, 0.25) is 0 Å². The lowest BCUT2D eigenvalue weighted by Gasteiger charge is -2.24. The third kappa shape index (κ3) is 2.33. The molecule has 1 aromatic heterocycles. The Hall–Kier alpha value is 0.180. The maximum absolute atomic E-state index is 3.73. The van der Waals surface area contributed by atoms with Crippen molar-refractivity contribution in [2.24, 2.45) is 5.41 Å². The van der Waals surface area contributed by atoms with E-state index in [-0.39, 0.29) is 0 Å². The summed E-state index contributed by atoms with van der Waals surface area (Å²) < 4.78 is 0. The van der Waals surface area contributed by atoms with Crippen molar-refractivity contribution < 1.29 is 0 Å². The Morgan fingerprint density at radius 3 is 2.25 bits per heavy atom. The average Bonchev–Trinajstić information content (AvgIpc) is 2.32. The highest BCUT2D eigenvalue weighted by Gasteiger charge is 2.24. The van der Waals surface area contributed by atoms with Gasteiger partial charge in [-0.3, -0.25) is 0 Å². The summed E-state index contributed by atoms with van der Waals surface area (Å²) in [4.78, 5) is 3.29. The molecule has 1 rings (SSSR count). The zero-order valence-electron chi connectivity index (χ0n) is 8.02. The molecule has 1 heterocycles. The fraction of sp³-hybridized carbons (Fsp3) is 0.600. The molecule has 0 aromatic carbocycles. The molecule has 0 amide bonds. The normalized spacial score (nSPS) is 14.8. The van der Waals surface area contributed by atoms with Gasteiger partial charge in [0.1, 0.15) is 0 Å². The van der Waals surface area contributed by atoms with Gasteiger partial charge in [-0.05, 0) is 24.5 Å². The van der Waals surface area contributed by atoms with Gasteiger partial charge < -0.3 is 0 Å². The molecule has 0 fully saturated rings. The van der Waals surface area contributed by atoms with Crippen LogP contribution in [0.2, 0.25) is 0 Å². The number of aryl methyl sites for hydroxylation is 1. The molecule has 0 aliphatic heterocycles. The van der Waals surface area contributed by atoms with Crippen molar-refractivity contribution in [2.45, 2.75) is 32.5 Å². The molecule has 0 radical (unpaired) electrons. The van der Waals surface area contributed by atoms with Crippen LogP contribution in [0.5, 0.6) is 0 Å². The lowest BCUT2D eigenvalue weighted by molar-refractivity contribution is 0.411. The third-order valence-electron chi connectivity index (χ3n) is 1.77. The van der Waals surface area contributed by atoms with Crippen molar-refractivity contribution in [1.29, 1.82) is 0 Å². The molecular weight excluding hydrogens is 232 g/mol. The monoisotopic (exact) mass is 246 g/mol. The Kier molecular flexibility index (Phi) is 3.00. The van der Waals surface area contributed by atoms with Crippen molar-refractivity contribution in [3.8, 4) is 0 Å². The van der Waals surface area contributed by atoms with Gasteiger partial charge in [0.15, 0.2) is 0 Å². The summed E-state index contributed by atoms with van der Waals surface area (Å²) in [7, 11) is 0. The van der Waals surface area contributed by atoms with Crippen molar-refractivity contribution in [3.05, 3.63) is 21.9 Å². The minimum atomic E-state index is 0.303. The zero-order chi connectivity index (χ0) is 9.35. The molecular formula is C10H15BrS. The van der Waals surface area contributed by atoms with Crippen LogP contribution >= 0.6 is 27.3 Å². The summed E-state index contributed by atoms with van der Waals surface area (Å²) >= 11 is 5.61. The maximum Gasteiger partial charge on any atom is 0.0537 e. The van der Waals surface area contributed by atoms with Crippen LogP contribution in [-0.2, 0) is 0 Å². The summed E-state index contributed by atoms with van der Waals surface area (Å²) in [5.74, 6) is 0. The maximum atomic E-state index is 3.73. The van der Waals surface area contributed by atoms with E-state index in [9.17, 15) is 0 Å². The van der Waals surface area contributed by atoms with E-state index in [1.165, 1.54) is 9.75 Å². The third-order valence-corrected chi connectivity index (χ3v) is 5.01. The fourth-order valence-corrected chi connectivity index (χ4v) is 2.55. The van der Waals surface area contributed by atoms with Crippen LogP contribution in [0.15, 0.2) is 12.1 Å². The molecule has 1 atom stereocenters. The topological polar surface area (TPSA) is 0 Å². The van der Waals surface area contributed by atoms with E-state index in [4.69, 9.17) is 0 Å². The van der Waals surface area contributed by atoms with E-state index in [1.807, 2.05) is 11.3 Å². The van der Waals surface area contributed by atoms with Gasteiger partial charge in [-0.25, -0.2) is 0 Å². The second-order valence-electron chi connectivity index (χ2n) is 4.18. The number of hydrogen-bond donors (Lipinski definition) is 0. The first kappa shape index (κ1) is 10.3. The van der Waals surface area contributed by atoms with Crippen LogP contribution in [0.4, 0.5) is 0 Å². The second kappa shape index (κ2) is 3.51. The molecule has 0 saturated heterocycles. The number of thiophene rings is 1. The van der Waals surface area contributed by atoms with Gasteiger partial charge in [0, 0.05) is 9.75 Å². The first-order chi connectivity index (χ1) is 5.41. The van der Waals surface area contributed by atoms with E-state index in [1.54, 1.807) is 0 Å². The van der Waals surface area contributed by atoms with Gasteiger partial charge in [-0.2, -0.15) is 0 Å². The number of alkyl halides is 1. The molecule has 1 unspecified atom stereocenters. The molecule has 1 aromatic rings. The van der Waals surface area contributed by atoms with Gasteiger partial charge in [0.25, 0.3) is 0 Å². The Balaban J connectivity index is 2.85. The average molecular weight is 247 g/mol. The second-order valence-corrected chi connectivity index (χ2v) is 6.41. The zero-order valence-corrected chi connectivity index (χ0v) is 10.4. The smallest absolute Gasteiger partial charge is 0.0537 e. The van der Waals surface area contributed by atoms with Crippen LogP contribution in [0, 0.1) is 12.3 Å². The molecule has 0 aliphatic rings. The van der Waals surface area contributed by atoms with Crippen molar-refractivity contribution in [1.82, 2.24) is 0 Å². The lowest BCUT2D eigenvalue weighted by Crippen LogP contribution is -2.11. The van der Waals surface area contributed by atoms with E-state index in [0.29, 0.717) is 10.2 Å². The summed E-state index contributed by atoms with van der Waals surface area (Å²) in [5.41, 5.74) is 0.303. The molecule has 0 aliphatic carbocycles. The first-order valence-electron chi connectivity index (χ1n) is 4.11. The van der Waals surface area contributed by atoms with Crippen LogP contribution in [-0.4, -0.2) is 0 Å². The summed E-state index contributed by atoms with van der Waals surface area (Å²) in [6.07, 6.45) is 0. The predicted molar refractivity (Wildman–Crippen MR) is 60.2 cm³/mol. The van der Waals surface area contributed by atoms with E-state index in [0.717, 1.165) is 0 Å². The van der Waals surface area contributed by atoms with Gasteiger partial charge in [-0.1, -0.05) is 36.7 Å². The highest BCUT2D eigenvalue weighted by Crippen LogP contribution is 2.42. The molecule has 2 heteroatoms. The van der Waals surface area contributed by atoms with Crippen molar-refractivity contribution in [3.63, 3.8) is 0 Å². The standard InChI is InChI=1S/C10H15BrS/c1-7-5-6-8(12-7)9(11)10(2,3)4/h5-6,9H,1-4H3. The van der Waals surface area contributed by atoms with Crippen LogP contribution < -0.4 is 0 Å². The molecule has 0 saturated carbocycles. The predicted octanol–water partition coefficient (Wildman–Crippen LogP) is 4.54. The van der Waals surface area contributed by atoms with E-state index >= 15 is 0 Å². The molecule has 12 heavy (non-hydrogen) atoms. The van der Waals surface area contributed by atoms with Crippen LogP contribution in [0.3, 0.4) is 0 Å². The number of hydrogen-bond acceptors (Lipinski definition) is 1. The molecule has 68 valence electrons. The van der Waals surface area contributed by atoms with Gasteiger partial charge in [-0.15, -0.1) is 11.3 Å². The van der Waals surface area contributed by atoms with Crippen molar-refractivity contribution in [2.75, 3.05) is 0 Å². The van der Waals surface area contributed by atoms with Gasteiger partial charge >= 0.3 is 0 Å². The Bertz CT molecular complexity index is 257. The minimum absolute atomic E-state index is 0.303. The number of halogens is 1. The van der Waals surface area contributed by atoms with Crippen LogP contribution in [0.25, 0.3) is 0 Å². The lowest BCUT2D eigenvalue weighted by atomic mass is 9.91. The van der Waals surface area contributed by atoms with E-state index < -0.39 is 0 Å². The quantitative estimate of drug-likeness (QED) is 0.639. The molecule has 0 nitrogen and oxygen atoms in total. The summed E-state index contributed by atoms with van der Waals surface area (Å²) in [5, 5.41) is 0. The highest BCUT2D eigenvalue weighted by atomic mass is 79.9.